The lowest BCUT2D eigenvalue weighted by atomic mass is 10.1. The topological polar surface area (TPSA) is 71.0 Å². The summed E-state index contributed by atoms with van der Waals surface area (Å²) >= 11 is 0. The van der Waals surface area contributed by atoms with Gasteiger partial charge < -0.3 is 25.0 Å². The van der Waals surface area contributed by atoms with Crippen molar-refractivity contribution in [2.75, 3.05) is 39.9 Å². The average molecular weight is 434 g/mol. The minimum absolute atomic E-state index is 0.158. The molecule has 1 atom stereocenters. The van der Waals surface area contributed by atoms with Crippen LogP contribution < -0.4 is 15.4 Å². The van der Waals surface area contributed by atoms with Crippen LogP contribution in [0.15, 0.2) is 23.3 Å². The summed E-state index contributed by atoms with van der Waals surface area (Å²) in [5.74, 6) is 2.17. The van der Waals surface area contributed by atoms with E-state index in [0.717, 1.165) is 70.0 Å². The molecule has 2 N–H and O–H groups in total. The van der Waals surface area contributed by atoms with Crippen molar-refractivity contribution in [1.82, 2.24) is 20.5 Å². The highest BCUT2D eigenvalue weighted by atomic mass is 16.5. The normalized spacial score (nSPS) is 17.0. The fourth-order valence-corrected chi connectivity index (χ4v) is 3.95. The highest BCUT2D eigenvalue weighted by Gasteiger charge is 2.19. The van der Waals surface area contributed by atoms with E-state index < -0.39 is 0 Å². The van der Waals surface area contributed by atoms with Crippen LogP contribution in [0.5, 0.6) is 5.88 Å². The molecule has 1 aromatic rings. The number of piperidine rings is 1. The number of methoxy groups -OCH3 is 1. The molecule has 1 unspecified atom stereocenters. The van der Waals surface area contributed by atoms with E-state index in [1.807, 2.05) is 18.3 Å². The van der Waals surface area contributed by atoms with E-state index in [1.165, 1.54) is 0 Å². The average Bonchev–Trinajstić information content (AvgIpc) is 2.73. The van der Waals surface area contributed by atoms with Gasteiger partial charge in [0.1, 0.15) is 0 Å². The van der Waals surface area contributed by atoms with Crippen molar-refractivity contribution in [3.8, 4) is 5.88 Å². The molecule has 0 saturated carbocycles. The van der Waals surface area contributed by atoms with E-state index in [4.69, 9.17) is 14.5 Å². The van der Waals surface area contributed by atoms with Crippen LogP contribution in [0.3, 0.4) is 0 Å². The minimum Gasteiger partial charge on any atom is -0.475 e. The second-order valence-corrected chi connectivity index (χ2v) is 8.86. The maximum Gasteiger partial charge on any atom is 0.213 e. The zero-order chi connectivity index (χ0) is 22.5. The predicted octanol–water partition coefficient (Wildman–Crippen LogP) is 3.45. The molecule has 2 rings (SSSR count). The Hall–Kier alpha value is -1.86. The Kier molecular flexibility index (Phi) is 11.7. The quantitative estimate of drug-likeness (QED) is 0.299. The van der Waals surface area contributed by atoms with Crippen LogP contribution in [0.2, 0.25) is 0 Å². The molecule has 0 aliphatic carbocycles. The number of aromatic nitrogens is 1. The van der Waals surface area contributed by atoms with E-state index in [1.54, 1.807) is 7.11 Å². The maximum atomic E-state index is 5.98. The van der Waals surface area contributed by atoms with Gasteiger partial charge in [-0.25, -0.2) is 9.98 Å². The van der Waals surface area contributed by atoms with E-state index >= 15 is 0 Å². The van der Waals surface area contributed by atoms with Gasteiger partial charge in [-0.15, -0.1) is 0 Å². The van der Waals surface area contributed by atoms with Crippen LogP contribution >= 0.6 is 0 Å². The summed E-state index contributed by atoms with van der Waals surface area (Å²) in [6.07, 6.45) is 6.36. The number of hydrogen-bond donors (Lipinski definition) is 2. The molecule has 0 spiro atoms. The number of ether oxygens (including phenoxy) is 2. The van der Waals surface area contributed by atoms with Crippen molar-refractivity contribution in [3.05, 3.63) is 23.9 Å². The second kappa shape index (κ2) is 14.2. The molecular weight excluding hydrogens is 390 g/mol. The number of rotatable bonds is 12. The van der Waals surface area contributed by atoms with Crippen LogP contribution in [0.4, 0.5) is 0 Å². The van der Waals surface area contributed by atoms with Gasteiger partial charge in [-0.2, -0.15) is 0 Å². The first-order chi connectivity index (χ1) is 15.0. The van der Waals surface area contributed by atoms with Crippen molar-refractivity contribution in [2.45, 2.75) is 72.1 Å². The maximum absolute atomic E-state index is 5.98. The summed E-state index contributed by atoms with van der Waals surface area (Å²) in [6.45, 7) is 14.3. The smallest absolute Gasteiger partial charge is 0.213 e. The van der Waals surface area contributed by atoms with Crippen LogP contribution in [0, 0.1) is 5.92 Å². The highest BCUT2D eigenvalue weighted by molar-refractivity contribution is 5.80. The summed E-state index contributed by atoms with van der Waals surface area (Å²) in [5.41, 5.74) is 1.10. The third-order valence-corrected chi connectivity index (χ3v) is 5.44. The summed E-state index contributed by atoms with van der Waals surface area (Å²) in [7, 11) is 1.77. The van der Waals surface area contributed by atoms with Gasteiger partial charge in [0, 0.05) is 58.2 Å². The first kappa shape index (κ1) is 25.4. The standard InChI is InChI=1S/C24H43N5O2/c1-6-25-24(28-22-9-13-29(14-10-22)12-7-15-30-5)27-18-21-8-11-26-23(17-21)31-20(4)16-19(2)3/h8,11,17,19-20,22H,6-7,9-10,12-16,18H2,1-5H3,(H2,25,27,28). The zero-order valence-electron chi connectivity index (χ0n) is 20.2. The van der Waals surface area contributed by atoms with Crippen LogP contribution in [0.1, 0.15) is 58.9 Å². The Morgan fingerprint density at radius 2 is 2.06 bits per heavy atom. The van der Waals surface area contributed by atoms with Gasteiger partial charge in [0.25, 0.3) is 0 Å². The Labute approximate surface area is 189 Å². The molecular formula is C24H43N5O2. The van der Waals surface area contributed by atoms with Gasteiger partial charge in [0.2, 0.25) is 5.88 Å². The van der Waals surface area contributed by atoms with Gasteiger partial charge in [0.15, 0.2) is 5.96 Å². The molecule has 1 aromatic heterocycles. The van der Waals surface area contributed by atoms with Crippen molar-refractivity contribution < 1.29 is 9.47 Å². The molecule has 0 bridgehead atoms. The third-order valence-electron chi connectivity index (χ3n) is 5.44. The molecule has 1 aliphatic heterocycles. The van der Waals surface area contributed by atoms with Crippen LogP contribution in [-0.4, -0.2) is 67.9 Å². The monoisotopic (exact) mass is 433 g/mol. The number of hydrogen-bond acceptors (Lipinski definition) is 5. The molecule has 7 nitrogen and oxygen atoms in total. The molecule has 0 radical (unpaired) electrons. The van der Waals surface area contributed by atoms with Gasteiger partial charge in [-0.1, -0.05) is 13.8 Å². The number of likely N-dealkylation sites (tertiary alicyclic amines) is 1. The Morgan fingerprint density at radius 3 is 2.74 bits per heavy atom. The Morgan fingerprint density at radius 1 is 1.29 bits per heavy atom. The summed E-state index contributed by atoms with van der Waals surface area (Å²) < 4.78 is 11.1. The number of pyridine rings is 1. The predicted molar refractivity (Wildman–Crippen MR) is 128 cm³/mol. The van der Waals surface area contributed by atoms with E-state index in [2.05, 4.69) is 48.2 Å². The fraction of sp³-hybridized carbons (Fsp3) is 0.750. The molecule has 31 heavy (non-hydrogen) atoms. The van der Waals surface area contributed by atoms with Crippen LogP contribution in [0.25, 0.3) is 0 Å². The van der Waals surface area contributed by atoms with E-state index in [0.29, 0.717) is 24.4 Å². The number of guanidine groups is 1. The summed E-state index contributed by atoms with van der Waals surface area (Å²) in [4.78, 5) is 11.7. The first-order valence-electron chi connectivity index (χ1n) is 11.9. The van der Waals surface area contributed by atoms with E-state index in [9.17, 15) is 0 Å². The number of aliphatic imine (C=N–C) groups is 1. The SMILES string of the molecule is CCNC(=NCc1ccnc(OC(C)CC(C)C)c1)NC1CCN(CCCOC)CC1. The van der Waals surface area contributed by atoms with Crippen molar-refractivity contribution >= 4 is 5.96 Å². The largest absolute Gasteiger partial charge is 0.475 e. The molecule has 1 aliphatic rings. The first-order valence-corrected chi connectivity index (χ1v) is 11.9. The van der Waals surface area contributed by atoms with E-state index in [-0.39, 0.29) is 6.10 Å². The Bertz CT molecular complexity index is 645. The molecule has 1 fully saturated rings. The lowest BCUT2D eigenvalue weighted by Crippen LogP contribution is -2.48. The molecule has 1 saturated heterocycles. The zero-order valence-corrected chi connectivity index (χ0v) is 20.2. The lowest BCUT2D eigenvalue weighted by Gasteiger charge is -2.33. The molecule has 7 heteroatoms. The number of nitrogens with one attached hydrogen (secondary N) is 2. The van der Waals surface area contributed by atoms with Gasteiger partial charge in [-0.05, 0) is 57.1 Å². The van der Waals surface area contributed by atoms with Gasteiger partial charge in [-0.3, -0.25) is 0 Å². The fourth-order valence-electron chi connectivity index (χ4n) is 3.95. The van der Waals surface area contributed by atoms with Gasteiger partial charge in [0.05, 0.1) is 12.6 Å². The van der Waals surface area contributed by atoms with Crippen molar-refractivity contribution in [3.63, 3.8) is 0 Å². The molecule has 176 valence electrons. The number of nitrogens with zero attached hydrogens (tertiary/aromatic N) is 3. The lowest BCUT2D eigenvalue weighted by molar-refractivity contribution is 0.155. The highest BCUT2D eigenvalue weighted by Crippen LogP contribution is 2.16. The van der Waals surface area contributed by atoms with Crippen LogP contribution in [-0.2, 0) is 11.3 Å². The Balaban J connectivity index is 1.85. The molecule has 0 aromatic carbocycles. The molecule has 0 amide bonds. The third kappa shape index (κ3) is 10.3. The summed E-state index contributed by atoms with van der Waals surface area (Å²) in [6, 6.07) is 4.47. The minimum atomic E-state index is 0.158. The van der Waals surface area contributed by atoms with Crippen molar-refractivity contribution in [2.24, 2.45) is 10.9 Å². The second-order valence-electron chi connectivity index (χ2n) is 8.86. The summed E-state index contributed by atoms with van der Waals surface area (Å²) in [5, 5.41) is 7.01. The molecule has 2 heterocycles. The van der Waals surface area contributed by atoms with Crippen molar-refractivity contribution in [1.29, 1.82) is 0 Å². The van der Waals surface area contributed by atoms with Gasteiger partial charge >= 0.3 is 0 Å².